The molecule has 1 aliphatic heterocycles. The van der Waals surface area contributed by atoms with Crippen molar-refractivity contribution in [2.75, 3.05) is 25.1 Å². The summed E-state index contributed by atoms with van der Waals surface area (Å²) in [4.78, 5) is 24.0. The van der Waals surface area contributed by atoms with Crippen LogP contribution in [0.4, 0.5) is 5.69 Å². The third kappa shape index (κ3) is 4.74. The van der Waals surface area contributed by atoms with Crippen LogP contribution in [0, 0.1) is 0 Å². The van der Waals surface area contributed by atoms with Crippen molar-refractivity contribution >= 4 is 17.5 Å². The maximum absolute atomic E-state index is 12.0. The quantitative estimate of drug-likeness (QED) is 0.785. The third-order valence-corrected chi connectivity index (χ3v) is 4.65. The summed E-state index contributed by atoms with van der Waals surface area (Å²) in [5.74, 6) is -1.16. The van der Waals surface area contributed by atoms with Gasteiger partial charge in [0.2, 0.25) is 0 Å². The van der Waals surface area contributed by atoms with E-state index in [4.69, 9.17) is 14.2 Å². The first-order chi connectivity index (χ1) is 12.6. The fourth-order valence-electron chi connectivity index (χ4n) is 3.35. The van der Waals surface area contributed by atoms with Gasteiger partial charge in [0, 0.05) is 25.1 Å². The van der Waals surface area contributed by atoms with E-state index in [1.54, 1.807) is 24.3 Å². The van der Waals surface area contributed by atoms with Crippen LogP contribution in [-0.4, -0.2) is 43.5 Å². The van der Waals surface area contributed by atoms with Crippen molar-refractivity contribution in [3.05, 3.63) is 24.3 Å². The largest absolute Gasteiger partial charge is 0.494 e. The summed E-state index contributed by atoms with van der Waals surface area (Å²) >= 11 is 0. The van der Waals surface area contributed by atoms with Gasteiger partial charge in [-0.05, 0) is 44.0 Å². The molecule has 1 saturated carbocycles. The van der Waals surface area contributed by atoms with E-state index in [0.29, 0.717) is 24.7 Å². The van der Waals surface area contributed by atoms with Gasteiger partial charge in [-0.3, -0.25) is 9.59 Å². The van der Waals surface area contributed by atoms with Crippen molar-refractivity contribution in [1.82, 2.24) is 5.32 Å². The molecule has 1 aromatic rings. The molecule has 26 heavy (non-hydrogen) atoms. The SMILES string of the molecule is CCOc1ccc(NC(=O)C(=O)NC[C@H]2COC3(CCCCC3)O2)cc1. The first-order valence-electron chi connectivity index (χ1n) is 9.24. The van der Waals surface area contributed by atoms with Gasteiger partial charge in [0.25, 0.3) is 0 Å². The lowest BCUT2D eigenvalue weighted by Crippen LogP contribution is -2.41. The molecule has 1 aliphatic carbocycles. The zero-order chi connectivity index (χ0) is 18.4. The molecule has 3 rings (SSSR count). The van der Waals surface area contributed by atoms with Crippen molar-refractivity contribution in [3.8, 4) is 5.75 Å². The minimum atomic E-state index is -0.708. The summed E-state index contributed by atoms with van der Waals surface area (Å²) in [7, 11) is 0. The highest BCUT2D eigenvalue weighted by Crippen LogP contribution is 2.37. The van der Waals surface area contributed by atoms with Gasteiger partial charge < -0.3 is 24.8 Å². The molecule has 0 bridgehead atoms. The molecule has 0 aromatic heterocycles. The Labute approximate surface area is 153 Å². The normalized spacial score (nSPS) is 21.3. The van der Waals surface area contributed by atoms with Gasteiger partial charge in [0.15, 0.2) is 5.79 Å². The van der Waals surface area contributed by atoms with Crippen molar-refractivity contribution < 1.29 is 23.8 Å². The van der Waals surface area contributed by atoms with E-state index in [1.807, 2.05) is 6.92 Å². The Morgan fingerprint density at radius 3 is 2.58 bits per heavy atom. The number of amides is 2. The maximum atomic E-state index is 12.0. The van der Waals surface area contributed by atoms with E-state index in [1.165, 1.54) is 6.42 Å². The smallest absolute Gasteiger partial charge is 0.313 e. The lowest BCUT2D eigenvalue weighted by molar-refractivity contribution is -0.186. The average molecular weight is 362 g/mol. The minimum absolute atomic E-state index is 0.213. The second-order valence-corrected chi connectivity index (χ2v) is 6.64. The van der Waals surface area contributed by atoms with Crippen LogP contribution in [0.5, 0.6) is 5.75 Å². The van der Waals surface area contributed by atoms with Gasteiger partial charge in [-0.25, -0.2) is 0 Å². The van der Waals surface area contributed by atoms with Crippen LogP contribution in [0.1, 0.15) is 39.0 Å². The molecule has 0 unspecified atom stereocenters. The van der Waals surface area contributed by atoms with Crippen molar-refractivity contribution in [1.29, 1.82) is 0 Å². The fourth-order valence-corrected chi connectivity index (χ4v) is 3.35. The van der Waals surface area contributed by atoms with E-state index in [2.05, 4.69) is 10.6 Å². The molecule has 1 atom stereocenters. The number of ether oxygens (including phenoxy) is 3. The molecule has 1 spiro atoms. The molecule has 1 aromatic carbocycles. The highest BCUT2D eigenvalue weighted by molar-refractivity contribution is 6.39. The molecule has 1 saturated heterocycles. The lowest BCUT2D eigenvalue weighted by atomic mass is 9.94. The summed E-state index contributed by atoms with van der Waals surface area (Å²) < 4.78 is 17.2. The Bertz CT molecular complexity index is 625. The van der Waals surface area contributed by atoms with E-state index in [9.17, 15) is 9.59 Å². The van der Waals surface area contributed by atoms with Gasteiger partial charge in [-0.2, -0.15) is 0 Å². The van der Waals surface area contributed by atoms with Crippen molar-refractivity contribution in [3.63, 3.8) is 0 Å². The van der Waals surface area contributed by atoms with Gasteiger partial charge in [0.05, 0.1) is 13.2 Å². The molecular weight excluding hydrogens is 336 g/mol. The molecule has 2 aliphatic rings. The Balaban J connectivity index is 1.42. The molecule has 1 heterocycles. The Hall–Kier alpha value is -2.12. The Kier molecular flexibility index (Phi) is 6.11. The fraction of sp³-hybridized carbons (Fsp3) is 0.579. The number of nitrogens with one attached hydrogen (secondary N) is 2. The second-order valence-electron chi connectivity index (χ2n) is 6.64. The molecule has 7 nitrogen and oxygen atoms in total. The molecule has 142 valence electrons. The number of hydrogen-bond acceptors (Lipinski definition) is 5. The minimum Gasteiger partial charge on any atom is -0.494 e. The highest BCUT2D eigenvalue weighted by Gasteiger charge is 2.42. The zero-order valence-electron chi connectivity index (χ0n) is 15.1. The predicted molar refractivity (Wildman–Crippen MR) is 95.9 cm³/mol. The molecule has 0 radical (unpaired) electrons. The van der Waals surface area contributed by atoms with Crippen LogP contribution >= 0.6 is 0 Å². The average Bonchev–Trinajstić information content (AvgIpc) is 3.04. The van der Waals surface area contributed by atoms with E-state index >= 15 is 0 Å². The van der Waals surface area contributed by atoms with Gasteiger partial charge in [-0.15, -0.1) is 0 Å². The second kappa shape index (κ2) is 8.51. The van der Waals surface area contributed by atoms with Crippen LogP contribution in [-0.2, 0) is 19.1 Å². The van der Waals surface area contributed by atoms with Crippen LogP contribution in [0.3, 0.4) is 0 Å². The standard InChI is InChI=1S/C19H26N2O5/c1-2-24-15-8-6-14(7-9-15)21-18(23)17(22)20-12-16-13-25-19(26-16)10-4-3-5-11-19/h6-9,16H,2-5,10-13H2,1H3,(H,20,22)(H,21,23)/t16-/m0/s1. The third-order valence-electron chi connectivity index (χ3n) is 4.65. The van der Waals surface area contributed by atoms with E-state index in [-0.39, 0.29) is 12.6 Å². The molecular formula is C19H26N2O5. The Morgan fingerprint density at radius 2 is 1.88 bits per heavy atom. The maximum Gasteiger partial charge on any atom is 0.313 e. The number of carbonyl (C=O) groups excluding carboxylic acids is 2. The van der Waals surface area contributed by atoms with E-state index in [0.717, 1.165) is 25.7 Å². The number of rotatable bonds is 5. The van der Waals surface area contributed by atoms with Crippen molar-refractivity contribution in [2.45, 2.75) is 50.9 Å². The summed E-state index contributed by atoms with van der Waals surface area (Å²) in [6.45, 7) is 3.18. The monoisotopic (exact) mass is 362 g/mol. The van der Waals surface area contributed by atoms with Gasteiger partial charge in [0.1, 0.15) is 11.9 Å². The van der Waals surface area contributed by atoms with Crippen LogP contribution < -0.4 is 15.4 Å². The van der Waals surface area contributed by atoms with Gasteiger partial charge in [-0.1, -0.05) is 6.42 Å². The van der Waals surface area contributed by atoms with Crippen LogP contribution in [0.15, 0.2) is 24.3 Å². The topological polar surface area (TPSA) is 85.9 Å². The molecule has 2 fully saturated rings. The molecule has 2 amide bonds. The van der Waals surface area contributed by atoms with Crippen LogP contribution in [0.2, 0.25) is 0 Å². The Morgan fingerprint density at radius 1 is 1.15 bits per heavy atom. The summed E-state index contributed by atoms with van der Waals surface area (Å²) in [6.07, 6.45) is 5.00. The number of anilines is 1. The summed E-state index contributed by atoms with van der Waals surface area (Å²) in [6, 6.07) is 6.86. The van der Waals surface area contributed by atoms with Gasteiger partial charge >= 0.3 is 11.8 Å². The molecule has 7 heteroatoms. The highest BCUT2D eigenvalue weighted by atomic mass is 16.7. The van der Waals surface area contributed by atoms with Crippen LogP contribution in [0.25, 0.3) is 0 Å². The summed E-state index contributed by atoms with van der Waals surface area (Å²) in [5, 5.41) is 5.18. The predicted octanol–water partition coefficient (Wildman–Crippen LogP) is 2.22. The first-order valence-corrected chi connectivity index (χ1v) is 9.24. The first kappa shape index (κ1) is 18.7. The number of carbonyl (C=O) groups is 2. The number of hydrogen-bond donors (Lipinski definition) is 2. The van der Waals surface area contributed by atoms with E-state index < -0.39 is 17.6 Å². The summed E-state index contributed by atoms with van der Waals surface area (Å²) in [5.41, 5.74) is 0.537. The number of benzene rings is 1. The molecule has 2 N–H and O–H groups in total. The zero-order valence-corrected chi connectivity index (χ0v) is 15.1. The van der Waals surface area contributed by atoms with Crippen molar-refractivity contribution in [2.24, 2.45) is 0 Å². The lowest BCUT2D eigenvalue weighted by Gasteiger charge is -2.31.